The SMILES string of the molecule is COc1ccccc1S(=O)(=O)N(C)Cc1ccc(Br)s1. The lowest BCUT2D eigenvalue weighted by Crippen LogP contribution is -2.26. The van der Waals surface area contributed by atoms with Gasteiger partial charge in [-0.3, -0.25) is 0 Å². The van der Waals surface area contributed by atoms with Crippen molar-refractivity contribution in [3.05, 3.63) is 45.1 Å². The maximum Gasteiger partial charge on any atom is 0.246 e. The quantitative estimate of drug-likeness (QED) is 0.804. The van der Waals surface area contributed by atoms with Gasteiger partial charge >= 0.3 is 0 Å². The van der Waals surface area contributed by atoms with Crippen molar-refractivity contribution in [1.29, 1.82) is 0 Å². The van der Waals surface area contributed by atoms with E-state index >= 15 is 0 Å². The van der Waals surface area contributed by atoms with E-state index in [-0.39, 0.29) is 4.90 Å². The van der Waals surface area contributed by atoms with Gasteiger partial charge in [0.2, 0.25) is 10.0 Å². The minimum Gasteiger partial charge on any atom is -0.495 e. The molecule has 0 saturated heterocycles. The van der Waals surface area contributed by atoms with Crippen molar-refractivity contribution in [2.45, 2.75) is 11.4 Å². The molecule has 2 rings (SSSR count). The molecule has 0 bridgehead atoms. The van der Waals surface area contributed by atoms with Crippen LogP contribution in [0.5, 0.6) is 5.75 Å². The van der Waals surface area contributed by atoms with Gasteiger partial charge in [-0.2, -0.15) is 4.31 Å². The number of halogens is 1. The van der Waals surface area contributed by atoms with Gasteiger partial charge < -0.3 is 4.74 Å². The Morgan fingerprint density at radius 1 is 1.25 bits per heavy atom. The maximum absolute atomic E-state index is 12.6. The number of ether oxygens (including phenoxy) is 1. The van der Waals surface area contributed by atoms with E-state index in [0.29, 0.717) is 12.3 Å². The number of thiophene rings is 1. The minimum absolute atomic E-state index is 0.181. The first-order chi connectivity index (χ1) is 9.45. The van der Waals surface area contributed by atoms with Gasteiger partial charge in [0.05, 0.1) is 10.9 Å². The van der Waals surface area contributed by atoms with Crippen molar-refractivity contribution >= 4 is 37.3 Å². The van der Waals surface area contributed by atoms with Gasteiger partial charge in [0.1, 0.15) is 10.6 Å². The van der Waals surface area contributed by atoms with E-state index in [1.165, 1.54) is 22.8 Å². The summed E-state index contributed by atoms with van der Waals surface area (Å²) < 4.78 is 32.6. The Morgan fingerprint density at radius 3 is 2.55 bits per heavy atom. The first-order valence-electron chi connectivity index (χ1n) is 5.78. The highest BCUT2D eigenvalue weighted by Crippen LogP contribution is 2.28. The molecule has 20 heavy (non-hydrogen) atoms. The fourth-order valence-electron chi connectivity index (χ4n) is 1.74. The lowest BCUT2D eigenvalue weighted by atomic mass is 10.3. The Bertz CT molecular complexity index is 697. The molecular formula is C13H14BrNO3S2. The third kappa shape index (κ3) is 3.22. The van der Waals surface area contributed by atoms with E-state index in [1.807, 2.05) is 12.1 Å². The fraction of sp³-hybridized carbons (Fsp3) is 0.231. The summed E-state index contributed by atoms with van der Waals surface area (Å²) in [5.74, 6) is 0.353. The molecule has 0 saturated carbocycles. The molecule has 2 aromatic rings. The van der Waals surface area contributed by atoms with Crippen LogP contribution in [0.25, 0.3) is 0 Å². The zero-order chi connectivity index (χ0) is 14.8. The third-order valence-corrected chi connectivity index (χ3v) is 6.22. The van der Waals surface area contributed by atoms with Crippen LogP contribution in [0.2, 0.25) is 0 Å². The average molecular weight is 376 g/mol. The number of para-hydroxylation sites is 1. The summed E-state index contributed by atoms with van der Waals surface area (Å²) in [6.07, 6.45) is 0. The predicted octanol–water partition coefficient (Wildman–Crippen LogP) is 3.34. The van der Waals surface area contributed by atoms with Crippen LogP contribution < -0.4 is 4.74 Å². The highest BCUT2D eigenvalue weighted by molar-refractivity contribution is 9.11. The summed E-state index contributed by atoms with van der Waals surface area (Å²) >= 11 is 4.89. The van der Waals surface area contributed by atoms with Crippen molar-refractivity contribution in [3.8, 4) is 5.75 Å². The van der Waals surface area contributed by atoms with Gasteiger partial charge in [0.15, 0.2) is 0 Å². The minimum atomic E-state index is -3.57. The van der Waals surface area contributed by atoms with Gasteiger partial charge in [-0.15, -0.1) is 11.3 Å². The van der Waals surface area contributed by atoms with Crippen molar-refractivity contribution in [2.75, 3.05) is 14.2 Å². The summed E-state index contributed by atoms with van der Waals surface area (Å²) in [5.41, 5.74) is 0. The Hall–Kier alpha value is -0.890. The van der Waals surface area contributed by atoms with Gasteiger partial charge in [-0.05, 0) is 40.2 Å². The van der Waals surface area contributed by atoms with E-state index in [1.54, 1.807) is 31.3 Å². The summed E-state index contributed by atoms with van der Waals surface area (Å²) in [6.45, 7) is 0.330. The number of hydrogen-bond acceptors (Lipinski definition) is 4. The molecule has 0 amide bonds. The third-order valence-electron chi connectivity index (χ3n) is 2.76. The molecule has 108 valence electrons. The number of hydrogen-bond donors (Lipinski definition) is 0. The molecule has 0 aliphatic heterocycles. The average Bonchev–Trinajstić information content (AvgIpc) is 2.84. The first kappa shape index (κ1) is 15.5. The molecule has 0 unspecified atom stereocenters. The normalized spacial score (nSPS) is 11.8. The molecule has 0 N–H and O–H groups in total. The zero-order valence-electron chi connectivity index (χ0n) is 11.0. The Labute approximate surface area is 131 Å². The highest BCUT2D eigenvalue weighted by atomic mass is 79.9. The van der Waals surface area contributed by atoms with Crippen LogP contribution in [0, 0.1) is 0 Å². The highest BCUT2D eigenvalue weighted by Gasteiger charge is 2.24. The standard InChI is InChI=1S/C13H14BrNO3S2/c1-15(9-10-7-8-13(14)19-10)20(16,17)12-6-4-3-5-11(12)18-2/h3-8H,9H2,1-2H3. The Balaban J connectivity index is 2.29. The van der Waals surface area contributed by atoms with Gasteiger partial charge in [-0.25, -0.2) is 8.42 Å². The summed E-state index contributed by atoms with van der Waals surface area (Å²) in [5, 5.41) is 0. The zero-order valence-corrected chi connectivity index (χ0v) is 14.3. The molecular weight excluding hydrogens is 362 g/mol. The Kier molecular flexibility index (Phi) is 4.85. The van der Waals surface area contributed by atoms with Gasteiger partial charge in [-0.1, -0.05) is 12.1 Å². The van der Waals surface area contributed by atoms with E-state index in [4.69, 9.17) is 4.74 Å². The molecule has 0 spiro atoms. The smallest absolute Gasteiger partial charge is 0.246 e. The monoisotopic (exact) mass is 375 g/mol. The van der Waals surface area contributed by atoms with Crippen LogP contribution in [0.1, 0.15) is 4.88 Å². The number of sulfonamides is 1. The van der Waals surface area contributed by atoms with Crippen LogP contribution in [0.4, 0.5) is 0 Å². The van der Waals surface area contributed by atoms with E-state index in [2.05, 4.69) is 15.9 Å². The molecule has 1 heterocycles. The summed E-state index contributed by atoms with van der Waals surface area (Å²) in [6, 6.07) is 10.4. The van der Waals surface area contributed by atoms with Crippen molar-refractivity contribution < 1.29 is 13.2 Å². The topological polar surface area (TPSA) is 46.6 Å². The first-order valence-corrected chi connectivity index (χ1v) is 8.83. The fourth-order valence-corrected chi connectivity index (χ4v) is 4.66. The van der Waals surface area contributed by atoms with Crippen LogP contribution in [-0.4, -0.2) is 26.9 Å². The van der Waals surface area contributed by atoms with Crippen molar-refractivity contribution in [1.82, 2.24) is 4.31 Å². The van der Waals surface area contributed by atoms with Crippen LogP contribution in [-0.2, 0) is 16.6 Å². The van der Waals surface area contributed by atoms with Gasteiger partial charge in [0.25, 0.3) is 0 Å². The number of rotatable bonds is 5. The van der Waals surface area contributed by atoms with E-state index < -0.39 is 10.0 Å². The molecule has 0 radical (unpaired) electrons. The number of benzene rings is 1. The number of nitrogens with zero attached hydrogens (tertiary/aromatic N) is 1. The second-order valence-electron chi connectivity index (χ2n) is 4.12. The molecule has 0 atom stereocenters. The van der Waals surface area contributed by atoms with Crippen molar-refractivity contribution in [3.63, 3.8) is 0 Å². The van der Waals surface area contributed by atoms with Crippen LogP contribution in [0.3, 0.4) is 0 Å². The maximum atomic E-state index is 12.6. The molecule has 0 fully saturated rings. The Morgan fingerprint density at radius 2 is 1.95 bits per heavy atom. The second-order valence-corrected chi connectivity index (χ2v) is 8.68. The molecule has 1 aromatic carbocycles. The predicted molar refractivity (Wildman–Crippen MR) is 83.7 cm³/mol. The van der Waals surface area contributed by atoms with Crippen LogP contribution in [0.15, 0.2) is 45.1 Å². The molecule has 0 aliphatic carbocycles. The van der Waals surface area contributed by atoms with Gasteiger partial charge in [0, 0.05) is 18.5 Å². The van der Waals surface area contributed by atoms with E-state index in [9.17, 15) is 8.42 Å². The van der Waals surface area contributed by atoms with Crippen molar-refractivity contribution in [2.24, 2.45) is 0 Å². The lowest BCUT2D eigenvalue weighted by Gasteiger charge is -2.18. The molecule has 1 aromatic heterocycles. The molecule has 7 heteroatoms. The van der Waals surface area contributed by atoms with Crippen LogP contribution >= 0.6 is 27.3 Å². The summed E-state index contributed by atoms with van der Waals surface area (Å²) in [4.78, 5) is 1.15. The molecule has 0 aliphatic rings. The largest absolute Gasteiger partial charge is 0.495 e. The molecule has 4 nitrogen and oxygen atoms in total. The number of methoxy groups -OCH3 is 1. The lowest BCUT2D eigenvalue weighted by molar-refractivity contribution is 0.398. The summed E-state index contributed by atoms with van der Waals surface area (Å²) in [7, 11) is -0.543. The second kappa shape index (κ2) is 6.26. The van der Waals surface area contributed by atoms with E-state index in [0.717, 1.165) is 8.66 Å².